The Labute approximate surface area is 184 Å². The van der Waals surface area contributed by atoms with Crippen LogP contribution in [0.4, 0.5) is 0 Å². The first kappa shape index (κ1) is 23.3. The number of amides is 1. The van der Waals surface area contributed by atoms with Gasteiger partial charge in [-0.15, -0.1) is 0 Å². The third-order valence-corrected chi connectivity index (χ3v) is 7.74. The van der Waals surface area contributed by atoms with E-state index in [2.05, 4.69) is 15.1 Å². The average Bonchev–Trinajstić information content (AvgIpc) is 3.37. The molecule has 0 N–H and O–H groups in total. The number of rotatable bonds is 8. The van der Waals surface area contributed by atoms with E-state index in [-0.39, 0.29) is 16.7 Å². The summed E-state index contributed by atoms with van der Waals surface area (Å²) >= 11 is 0. The monoisotopic (exact) mass is 448 g/mol. The molecule has 1 amide bonds. The predicted molar refractivity (Wildman–Crippen MR) is 117 cm³/mol. The number of aromatic nitrogens is 4. The molecular formula is C21H32N6O3S. The predicted octanol–water partition coefficient (Wildman–Crippen LogP) is 2.36. The molecule has 9 nitrogen and oxygen atoms in total. The van der Waals surface area contributed by atoms with Crippen molar-refractivity contribution in [1.82, 2.24) is 29.0 Å². The van der Waals surface area contributed by atoms with Crippen LogP contribution in [0.5, 0.6) is 0 Å². The Morgan fingerprint density at radius 1 is 1.19 bits per heavy atom. The van der Waals surface area contributed by atoms with Gasteiger partial charge in [0.25, 0.3) is 5.91 Å². The van der Waals surface area contributed by atoms with Gasteiger partial charge in [0.05, 0.1) is 17.0 Å². The molecule has 0 aromatic carbocycles. The largest absolute Gasteiger partial charge is 0.339 e. The minimum absolute atomic E-state index is 0.0794. The van der Waals surface area contributed by atoms with E-state index in [0.717, 1.165) is 6.42 Å². The summed E-state index contributed by atoms with van der Waals surface area (Å²) in [5.74, 6) is 0.408. The van der Waals surface area contributed by atoms with Crippen molar-refractivity contribution in [3.8, 4) is 0 Å². The van der Waals surface area contributed by atoms with Crippen LogP contribution in [0.25, 0.3) is 0 Å². The number of sulfonamides is 1. The Bertz CT molecular complexity index is 1050. The first-order valence-corrected chi connectivity index (χ1v) is 12.3. The lowest BCUT2D eigenvalue weighted by molar-refractivity contribution is 0.0771. The van der Waals surface area contributed by atoms with Gasteiger partial charge in [0, 0.05) is 51.0 Å². The Kier molecular flexibility index (Phi) is 7.10. The van der Waals surface area contributed by atoms with Crippen LogP contribution in [-0.4, -0.2) is 69.5 Å². The van der Waals surface area contributed by atoms with E-state index >= 15 is 0 Å². The highest BCUT2D eigenvalue weighted by Gasteiger charge is 2.36. The van der Waals surface area contributed by atoms with Crippen molar-refractivity contribution < 1.29 is 13.2 Å². The Balaban J connectivity index is 1.78. The molecular weight excluding hydrogens is 416 g/mol. The van der Waals surface area contributed by atoms with E-state index in [0.29, 0.717) is 61.9 Å². The fraction of sp³-hybridized carbons (Fsp3) is 0.619. The van der Waals surface area contributed by atoms with Crippen LogP contribution in [0.2, 0.25) is 0 Å². The van der Waals surface area contributed by atoms with Gasteiger partial charge in [0.1, 0.15) is 10.7 Å². The fourth-order valence-corrected chi connectivity index (χ4v) is 5.63. The SMILES string of the molecule is CCCn1cc(S(=O)(=O)N2CC[C@@H](c3ncc(C(=O)N(CC)CC)c(C)n3)C2)c(C)n1. The minimum Gasteiger partial charge on any atom is -0.339 e. The standard InChI is InChI=1S/C21H32N6O3S/c1-6-10-26-14-19(16(5)24-26)31(29,30)27-11-9-17(13-27)20-22-12-18(15(4)23-20)21(28)25(7-2)8-3/h12,14,17H,6-11,13H2,1-5H3/t17-/m1/s1. The zero-order chi connectivity index (χ0) is 22.8. The summed E-state index contributed by atoms with van der Waals surface area (Å²) in [6.45, 7) is 12.1. The summed E-state index contributed by atoms with van der Waals surface area (Å²) in [6.07, 6.45) is 4.73. The maximum atomic E-state index is 13.2. The molecule has 170 valence electrons. The molecule has 3 heterocycles. The molecule has 1 fully saturated rings. The molecule has 0 spiro atoms. The van der Waals surface area contributed by atoms with E-state index in [4.69, 9.17) is 0 Å². The minimum atomic E-state index is -3.62. The maximum absolute atomic E-state index is 13.2. The second-order valence-electron chi connectivity index (χ2n) is 7.90. The number of carbonyl (C=O) groups excluding carboxylic acids is 1. The fourth-order valence-electron chi connectivity index (χ4n) is 3.97. The van der Waals surface area contributed by atoms with Crippen LogP contribution in [0.1, 0.15) is 67.1 Å². The van der Waals surface area contributed by atoms with E-state index in [1.807, 2.05) is 20.8 Å². The zero-order valence-electron chi connectivity index (χ0n) is 19.0. The summed E-state index contributed by atoms with van der Waals surface area (Å²) < 4.78 is 29.5. The number of nitrogens with zero attached hydrogens (tertiary/aromatic N) is 6. The van der Waals surface area contributed by atoms with Crippen LogP contribution in [0.3, 0.4) is 0 Å². The van der Waals surface area contributed by atoms with Crippen LogP contribution >= 0.6 is 0 Å². The van der Waals surface area contributed by atoms with Gasteiger partial charge in [0.2, 0.25) is 10.0 Å². The Hall–Kier alpha value is -2.33. The van der Waals surface area contributed by atoms with Gasteiger partial charge in [-0.05, 0) is 40.5 Å². The molecule has 3 rings (SSSR count). The molecule has 2 aromatic heterocycles. The molecule has 1 saturated heterocycles. The van der Waals surface area contributed by atoms with E-state index < -0.39 is 10.0 Å². The highest BCUT2D eigenvalue weighted by Crippen LogP contribution is 2.30. The lowest BCUT2D eigenvalue weighted by Gasteiger charge is -2.20. The first-order chi connectivity index (χ1) is 14.7. The van der Waals surface area contributed by atoms with Crippen molar-refractivity contribution in [2.75, 3.05) is 26.2 Å². The highest BCUT2D eigenvalue weighted by molar-refractivity contribution is 7.89. The molecule has 0 aliphatic carbocycles. The number of hydrogen-bond acceptors (Lipinski definition) is 6. The van der Waals surface area contributed by atoms with Gasteiger partial charge < -0.3 is 4.90 Å². The Morgan fingerprint density at radius 3 is 2.52 bits per heavy atom. The summed E-state index contributed by atoms with van der Waals surface area (Å²) in [5, 5.41) is 4.33. The van der Waals surface area contributed by atoms with Crippen molar-refractivity contribution >= 4 is 15.9 Å². The van der Waals surface area contributed by atoms with E-state index in [9.17, 15) is 13.2 Å². The third kappa shape index (κ3) is 4.64. The van der Waals surface area contributed by atoms with Crippen LogP contribution in [-0.2, 0) is 16.6 Å². The molecule has 10 heteroatoms. The van der Waals surface area contributed by atoms with Crippen LogP contribution in [0.15, 0.2) is 17.3 Å². The topological polar surface area (TPSA) is 101 Å². The third-order valence-electron chi connectivity index (χ3n) is 5.77. The molecule has 2 aromatic rings. The van der Waals surface area contributed by atoms with E-state index in [1.54, 1.807) is 35.8 Å². The molecule has 0 bridgehead atoms. The van der Waals surface area contributed by atoms with Crippen molar-refractivity contribution in [2.24, 2.45) is 0 Å². The highest BCUT2D eigenvalue weighted by atomic mass is 32.2. The average molecular weight is 449 g/mol. The van der Waals surface area contributed by atoms with Crippen molar-refractivity contribution in [2.45, 2.75) is 64.8 Å². The van der Waals surface area contributed by atoms with Gasteiger partial charge in [-0.2, -0.15) is 9.40 Å². The smallest absolute Gasteiger partial charge is 0.257 e. The molecule has 31 heavy (non-hydrogen) atoms. The molecule has 0 saturated carbocycles. The quantitative estimate of drug-likeness (QED) is 0.614. The van der Waals surface area contributed by atoms with Crippen LogP contribution < -0.4 is 0 Å². The van der Waals surface area contributed by atoms with Gasteiger partial charge >= 0.3 is 0 Å². The van der Waals surface area contributed by atoms with Gasteiger partial charge in [-0.1, -0.05) is 6.92 Å². The van der Waals surface area contributed by atoms with E-state index in [1.165, 1.54) is 4.31 Å². The summed E-state index contributed by atoms with van der Waals surface area (Å²) in [6, 6.07) is 0. The second-order valence-corrected chi connectivity index (χ2v) is 9.80. The van der Waals surface area contributed by atoms with Crippen molar-refractivity contribution in [3.63, 3.8) is 0 Å². The number of aryl methyl sites for hydroxylation is 3. The normalized spacial score (nSPS) is 17.3. The molecule has 0 unspecified atom stereocenters. The maximum Gasteiger partial charge on any atom is 0.257 e. The van der Waals surface area contributed by atoms with Crippen molar-refractivity contribution in [3.05, 3.63) is 35.2 Å². The zero-order valence-corrected chi connectivity index (χ0v) is 19.8. The summed E-state index contributed by atoms with van der Waals surface area (Å²) in [4.78, 5) is 23.6. The van der Waals surface area contributed by atoms with Gasteiger partial charge in [-0.3, -0.25) is 9.48 Å². The summed E-state index contributed by atoms with van der Waals surface area (Å²) in [5.41, 5.74) is 1.64. The number of carbonyl (C=O) groups is 1. The lowest BCUT2D eigenvalue weighted by atomic mass is 10.1. The Morgan fingerprint density at radius 2 is 1.90 bits per heavy atom. The lowest BCUT2D eigenvalue weighted by Crippen LogP contribution is -2.31. The van der Waals surface area contributed by atoms with Crippen LogP contribution in [0, 0.1) is 13.8 Å². The van der Waals surface area contributed by atoms with Gasteiger partial charge in [-0.25, -0.2) is 18.4 Å². The molecule has 1 aliphatic rings. The first-order valence-electron chi connectivity index (χ1n) is 10.9. The second kappa shape index (κ2) is 9.44. The number of hydrogen-bond donors (Lipinski definition) is 0. The molecule has 0 radical (unpaired) electrons. The summed E-state index contributed by atoms with van der Waals surface area (Å²) in [7, 11) is -3.62. The van der Waals surface area contributed by atoms with Gasteiger partial charge in [0.15, 0.2) is 0 Å². The van der Waals surface area contributed by atoms with Crippen molar-refractivity contribution in [1.29, 1.82) is 0 Å². The molecule has 1 aliphatic heterocycles. The molecule has 1 atom stereocenters.